The fourth-order valence-electron chi connectivity index (χ4n) is 3.48. The number of Topliss-reactive ketones (excluding diaryl/α,β-unsaturated/α-hetero) is 1. The molecule has 0 bridgehead atoms. The van der Waals surface area contributed by atoms with Gasteiger partial charge in [-0.1, -0.05) is 29.9 Å². The molecule has 2 N–H and O–H groups in total. The van der Waals surface area contributed by atoms with Gasteiger partial charge >= 0.3 is 5.97 Å². The summed E-state index contributed by atoms with van der Waals surface area (Å²) in [7, 11) is 1.57. The normalized spacial score (nSPS) is 18.5. The van der Waals surface area contributed by atoms with Gasteiger partial charge in [0.15, 0.2) is 27.6 Å². The van der Waals surface area contributed by atoms with Gasteiger partial charge in [0.1, 0.15) is 4.88 Å². The Bertz CT molecular complexity index is 1010. The molecular weight excluding hydrogens is 458 g/mol. The largest absolute Gasteiger partial charge is 0.461 e. The molecule has 2 aromatic heterocycles. The summed E-state index contributed by atoms with van der Waals surface area (Å²) in [6, 6.07) is -0.255. The molecule has 1 aliphatic heterocycles. The highest BCUT2D eigenvalue weighted by atomic mass is 35.5. The molecule has 2 unspecified atom stereocenters. The van der Waals surface area contributed by atoms with E-state index in [2.05, 4.69) is 20.3 Å². The maximum atomic E-state index is 12.6. The summed E-state index contributed by atoms with van der Waals surface area (Å²) >= 11 is 7.19. The second kappa shape index (κ2) is 10.4. The maximum Gasteiger partial charge on any atom is 0.358 e. The zero-order valence-corrected chi connectivity index (χ0v) is 19.9. The molecule has 0 saturated carbocycles. The summed E-state index contributed by atoms with van der Waals surface area (Å²) < 4.78 is 10.6. The Morgan fingerprint density at radius 3 is 2.66 bits per heavy atom. The summed E-state index contributed by atoms with van der Waals surface area (Å²) in [5.74, 6) is -1.06. The Morgan fingerprint density at radius 2 is 2.06 bits per heavy atom. The second-order valence-corrected chi connectivity index (χ2v) is 8.58. The van der Waals surface area contributed by atoms with Crippen LogP contribution >= 0.6 is 22.9 Å². The molecule has 1 aliphatic rings. The number of imidazole rings is 1. The van der Waals surface area contributed by atoms with Crippen LogP contribution in [0.5, 0.6) is 0 Å². The van der Waals surface area contributed by atoms with Crippen LogP contribution in [0, 0.1) is 0 Å². The minimum Gasteiger partial charge on any atom is -0.461 e. The number of thiazole rings is 1. The lowest BCUT2D eigenvalue weighted by Gasteiger charge is -2.37. The lowest BCUT2D eigenvalue weighted by Crippen LogP contribution is -2.55. The Morgan fingerprint density at radius 1 is 1.31 bits per heavy atom. The van der Waals surface area contributed by atoms with Crippen molar-refractivity contribution < 1.29 is 23.9 Å². The van der Waals surface area contributed by atoms with Crippen LogP contribution in [0.25, 0.3) is 0 Å². The molecule has 2 atom stereocenters. The first kappa shape index (κ1) is 24.1. The highest BCUT2D eigenvalue weighted by Gasteiger charge is 2.34. The van der Waals surface area contributed by atoms with Gasteiger partial charge in [-0.2, -0.15) is 0 Å². The predicted octanol–water partition coefficient (Wildman–Crippen LogP) is 2.49. The Balaban J connectivity index is 1.72. The van der Waals surface area contributed by atoms with E-state index < -0.39 is 5.97 Å². The number of ketones is 1. The molecule has 3 heterocycles. The van der Waals surface area contributed by atoms with Crippen molar-refractivity contribution in [2.45, 2.75) is 45.8 Å². The molecule has 0 radical (unpaired) electrons. The van der Waals surface area contributed by atoms with Gasteiger partial charge in [-0.05, 0) is 19.8 Å². The summed E-state index contributed by atoms with van der Waals surface area (Å²) in [4.78, 5) is 50.4. The average molecular weight is 484 g/mol. The summed E-state index contributed by atoms with van der Waals surface area (Å²) in [6.45, 7) is 6.18. The average Bonchev–Trinajstić information content (AvgIpc) is 3.38. The molecule has 0 aliphatic carbocycles. The van der Waals surface area contributed by atoms with E-state index in [1.807, 2.05) is 11.8 Å². The number of rotatable bonds is 8. The number of nitrogens with zero attached hydrogens (tertiary/aromatic N) is 3. The van der Waals surface area contributed by atoms with E-state index >= 15 is 0 Å². The number of piperidine rings is 1. The van der Waals surface area contributed by atoms with E-state index in [0.717, 1.165) is 11.3 Å². The van der Waals surface area contributed by atoms with Crippen LogP contribution in [0.1, 0.15) is 63.7 Å². The number of aryl methyl sites for hydroxylation is 1. The molecule has 0 spiro atoms. The number of methoxy groups -OCH3 is 1. The minimum absolute atomic E-state index is 0.0326. The minimum atomic E-state index is -0.616. The molecule has 0 aromatic carbocycles. The molecule has 1 saturated heterocycles. The first-order valence-corrected chi connectivity index (χ1v) is 11.5. The molecule has 2 aromatic rings. The van der Waals surface area contributed by atoms with E-state index in [-0.39, 0.29) is 46.8 Å². The number of carbonyl (C=O) groups is 3. The Hall–Kier alpha value is -2.50. The van der Waals surface area contributed by atoms with Crippen molar-refractivity contribution in [1.29, 1.82) is 0 Å². The zero-order valence-electron chi connectivity index (χ0n) is 18.4. The van der Waals surface area contributed by atoms with Crippen molar-refractivity contribution in [2.75, 3.05) is 31.7 Å². The SMILES string of the molecule is CCOC(=O)c1nc(N2CCC(NC(=O)c3nc(Cl)c(CC)[nH]3)C(OC)C2)sc1C(C)=O. The van der Waals surface area contributed by atoms with E-state index in [1.165, 1.54) is 6.92 Å². The number of aromatic nitrogens is 3. The predicted molar refractivity (Wildman–Crippen MR) is 120 cm³/mol. The topological polar surface area (TPSA) is 127 Å². The van der Waals surface area contributed by atoms with Gasteiger partial charge in [-0.25, -0.2) is 14.8 Å². The zero-order chi connectivity index (χ0) is 23.4. The standard InChI is InChI=1S/C20H26ClN5O5S/c1-5-11-16(21)25-17(22-11)18(28)23-12-7-8-26(9-13(12)30-4)20-24-14(19(29)31-6-2)15(32-20)10(3)27/h12-13H,5-9H2,1-4H3,(H,22,25)(H,23,28). The molecule has 10 nitrogen and oxygen atoms in total. The lowest BCUT2D eigenvalue weighted by atomic mass is 10.0. The number of hydrogen-bond acceptors (Lipinski definition) is 9. The van der Waals surface area contributed by atoms with Gasteiger partial charge < -0.3 is 24.7 Å². The van der Waals surface area contributed by atoms with Crippen LogP contribution < -0.4 is 10.2 Å². The van der Waals surface area contributed by atoms with Crippen LogP contribution in [0.3, 0.4) is 0 Å². The van der Waals surface area contributed by atoms with Crippen molar-refractivity contribution in [1.82, 2.24) is 20.3 Å². The van der Waals surface area contributed by atoms with Crippen molar-refractivity contribution in [3.8, 4) is 0 Å². The van der Waals surface area contributed by atoms with Crippen LogP contribution in [-0.2, 0) is 15.9 Å². The molecule has 12 heteroatoms. The fraction of sp³-hybridized carbons (Fsp3) is 0.550. The van der Waals surface area contributed by atoms with Gasteiger partial charge in [-0.15, -0.1) is 0 Å². The smallest absolute Gasteiger partial charge is 0.358 e. The quantitative estimate of drug-likeness (QED) is 0.433. The third-order valence-electron chi connectivity index (χ3n) is 5.15. The number of amides is 1. The number of halogens is 1. The van der Waals surface area contributed by atoms with Gasteiger partial charge in [0, 0.05) is 27.1 Å². The number of anilines is 1. The number of aromatic amines is 1. The number of nitrogens with one attached hydrogen (secondary N) is 2. The maximum absolute atomic E-state index is 12.6. The van der Waals surface area contributed by atoms with Gasteiger partial charge in [0.2, 0.25) is 0 Å². The number of esters is 1. The molecule has 1 fully saturated rings. The highest BCUT2D eigenvalue weighted by molar-refractivity contribution is 7.17. The number of carbonyl (C=O) groups excluding carboxylic acids is 3. The fourth-order valence-corrected chi connectivity index (χ4v) is 4.73. The molecule has 32 heavy (non-hydrogen) atoms. The first-order chi connectivity index (χ1) is 15.3. The van der Waals surface area contributed by atoms with E-state index in [1.54, 1.807) is 14.0 Å². The lowest BCUT2D eigenvalue weighted by molar-refractivity contribution is 0.0514. The van der Waals surface area contributed by atoms with Crippen molar-refractivity contribution in [3.05, 3.63) is 27.2 Å². The van der Waals surface area contributed by atoms with E-state index in [9.17, 15) is 14.4 Å². The van der Waals surface area contributed by atoms with E-state index in [0.29, 0.717) is 41.9 Å². The number of H-pyrrole nitrogens is 1. The van der Waals surface area contributed by atoms with Crippen molar-refractivity contribution in [2.24, 2.45) is 0 Å². The van der Waals surface area contributed by atoms with E-state index in [4.69, 9.17) is 21.1 Å². The molecule has 3 rings (SSSR count). The van der Waals surface area contributed by atoms with Crippen LogP contribution in [0.4, 0.5) is 5.13 Å². The highest BCUT2D eigenvalue weighted by Crippen LogP contribution is 2.30. The van der Waals surface area contributed by atoms with Crippen molar-refractivity contribution >= 4 is 45.7 Å². The summed E-state index contributed by atoms with van der Waals surface area (Å²) in [6.07, 6.45) is 0.880. The van der Waals surface area contributed by atoms with Crippen LogP contribution in [-0.4, -0.2) is 71.6 Å². The number of ether oxygens (including phenoxy) is 2. The van der Waals surface area contributed by atoms with Crippen LogP contribution in [0.2, 0.25) is 5.15 Å². The Kier molecular flexibility index (Phi) is 7.86. The monoisotopic (exact) mass is 483 g/mol. The summed E-state index contributed by atoms with van der Waals surface area (Å²) in [5.41, 5.74) is 0.738. The summed E-state index contributed by atoms with van der Waals surface area (Å²) in [5, 5.41) is 3.78. The van der Waals surface area contributed by atoms with Crippen LogP contribution in [0.15, 0.2) is 0 Å². The molecule has 1 amide bonds. The molecule has 174 valence electrons. The second-order valence-electron chi connectivity index (χ2n) is 7.25. The molecular formula is C20H26ClN5O5S. The number of hydrogen-bond donors (Lipinski definition) is 2. The van der Waals surface area contributed by atoms with Gasteiger partial charge in [0.25, 0.3) is 5.91 Å². The third kappa shape index (κ3) is 5.11. The van der Waals surface area contributed by atoms with Crippen molar-refractivity contribution in [3.63, 3.8) is 0 Å². The van der Waals surface area contributed by atoms with Gasteiger partial charge in [-0.3, -0.25) is 9.59 Å². The third-order valence-corrected chi connectivity index (χ3v) is 6.68. The van der Waals surface area contributed by atoms with Gasteiger partial charge in [0.05, 0.1) is 24.4 Å². The first-order valence-electron chi connectivity index (χ1n) is 10.3. The Labute approximate surface area is 194 Å².